The molecule has 16 heavy (non-hydrogen) atoms. The van der Waals surface area contributed by atoms with Gasteiger partial charge in [-0.15, -0.1) is 0 Å². The molecule has 0 aromatic heterocycles. The minimum absolute atomic E-state index is 0.849. The van der Waals surface area contributed by atoms with Crippen molar-refractivity contribution in [3.8, 4) is 0 Å². The molecule has 2 rings (SSSR count). The SMILES string of the molecule is CCOCCN1CCC(CNC2CC2)CC1. The first-order valence-electron chi connectivity index (χ1n) is 6.92. The average molecular weight is 226 g/mol. The number of hydrogen-bond acceptors (Lipinski definition) is 3. The number of likely N-dealkylation sites (tertiary alicyclic amines) is 1. The predicted octanol–water partition coefficient (Wildman–Crippen LogP) is 1.49. The molecular weight excluding hydrogens is 200 g/mol. The molecule has 0 spiro atoms. The number of hydrogen-bond donors (Lipinski definition) is 1. The molecule has 94 valence electrons. The van der Waals surface area contributed by atoms with Crippen LogP contribution >= 0.6 is 0 Å². The van der Waals surface area contributed by atoms with E-state index in [0.29, 0.717) is 0 Å². The summed E-state index contributed by atoms with van der Waals surface area (Å²) in [6.07, 6.45) is 5.55. The van der Waals surface area contributed by atoms with Crippen LogP contribution in [-0.4, -0.2) is 50.3 Å². The van der Waals surface area contributed by atoms with Crippen molar-refractivity contribution in [2.75, 3.05) is 39.4 Å². The molecule has 3 heteroatoms. The highest BCUT2D eigenvalue weighted by Gasteiger charge is 2.24. The molecule has 1 aliphatic heterocycles. The Labute approximate surface area is 99.5 Å². The van der Waals surface area contributed by atoms with Crippen LogP contribution in [0, 0.1) is 5.92 Å². The second kappa shape index (κ2) is 6.58. The maximum atomic E-state index is 5.40. The zero-order chi connectivity index (χ0) is 11.2. The van der Waals surface area contributed by atoms with Crippen LogP contribution in [0.25, 0.3) is 0 Å². The van der Waals surface area contributed by atoms with Crippen LogP contribution in [0.2, 0.25) is 0 Å². The molecule has 1 aliphatic carbocycles. The van der Waals surface area contributed by atoms with Gasteiger partial charge in [0.2, 0.25) is 0 Å². The first-order chi connectivity index (χ1) is 7.88. The molecule has 1 saturated carbocycles. The normalized spacial score (nSPS) is 23.8. The van der Waals surface area contributed by atoms with Gasteiger partial charge in [0.15, 0.2) is 0 Å². The van der Waals surface area contributed by atoms with E-state index < -0.39 is 0 Å². The molecule has 2 fully saturated rings. The van der Waals surface area contributed by atoms with Gasteiger partial charge in [-0.2, -0.15) is 0 Å². The molecule has 1 saturated heterocycles. The molecule has 1 heterocycles. The van der Waals surface area contributed by atoms with E-state index in [1.165, 1.54) is 45.3 Å². The van der Waals surface area contributed by atoms with E-state index in [1.807, 2.05) is 0 Å². The maximum Gasteiger partial charge on any atom is 0.0593 e. The fourth-order valence-electron chi connectivity index (χ4n) is 2.37. The average Bonchev–Trinajstić information content (AvgIpc) is 3.12. The van der Waals surface area contributed by atoms with E-state index in [9.17, 15) is 0 Å². The predicted molar refractivity (Wildman–Crippen MR) is 66.7 cm³/mol. The van der Waals surface area contributed by atoms with Crippen molar-refractivity contribution in [3.05, 3.63) is 0 Å². The molecule has 0 bridgehead atoms. The Morgan fingerprint density at radius 2 is 1.94 bits per heavy atom. The standard InChI is InChI=1S/C13H26N2O/c1-2-16-10-9-15-7-5-12(6-8-15)11-14-13-3-4-13/h12-14H,2-11H2,1H3. The van der Waals surface area contributed by atoms with E-state index in [0.717, 1.165) is 31.7 Å². The Bertz CT molecular complexity index is 186. The van der Waals surface area contributed by atoms with Gasteiger partial charge in [0.25, 0.3) is 0 Å². The highest BCUT2D eigenvalue weighted by Crippen LogP contribution is 2.21. The smallest absolute Gasteiger partial charge is 0.0593 e. The van der Waals surface area contributed by atoms with Crippen molar-refractivity contribution < 1.29 is 4.74 Å². The van der Waals surface area contributed by atoms with Crippen LogP contribution in [0.4, 0.5) is 0 Å². The van der Waals surface area contributed by atoms with E-state index in [1.54, 1.807) is 0 Å². The van der Waals surface area contributed by atoms with Gasteiger partial charge in [0.1, 0.15) is 0 Å². The summed E-state index contributed by atoms with van der Waals surface area (Å²) in [5, 5.41) is 3.65. The molecule has 0 aromatic rings. The highest BCUT2D eigenvalue weighted by molar-refractivity contribution is 4.83. The minimum Gasteiger partial charge on any atom is -0.380 e. The van der Waals surface area contributed by atoms with Crippen LogP contribution < -0.4 is 5.32 Å². The molecule has 1 N–H and O–H groups in total. The molecule has 0 radical (unpaired) electrons. The molecule has 0 unspecified atom stereocenters. The number of nitrogens with one attached hydrogen (secondary N) is 1. The first-order valence-corrected chi connectivity index (χ1v) is 6.92. The minimum atomic E-state index is 0.849. The third-order valence-corrected chi connectivity index (χ3v) is 3.74. The largest absolute Gasteiger partial charge is 0.380 e. The zero-order valence-electron chi connectivity index (χ0n) is 10.6. The van der Waals surface area contributed by atoms with E-state index >= 15 is 0 Å². The second-order valence-electron chi connectivity index (χ2n) is 5.16. The van der Waals surface area contributed by atoms with Gasteiger partial charge in [-0.1, -0.05) is 0 Å². The number of piperidine rings is 1. The summed E-state index contributed by atoms with van der Waals surface area (Å²) in [6, 6.07) is 0.871. The lowest BCUT2D eigenvalue weighted by Crippen LogP contribution is -2.39. The summed E-state index contributed by atoms with van der Waals surface area (Å²) < 4.78 is 5.40. The van der Waals surface area contributed by atoms with Crippen molar-refractivity contribution in [2.45, 2.75) is 38.6 Å². The summed E-state index contributed by atoms with van der Waals surface area (Å²) in [4.78, 5) is 2.54. The van der Waals surface area contributed by atoms with Crippen molar-refractivity contribution in [2.24, 2.45) is 5.92 Å². The van der Waals surface area contributed by atoms with Crippen molar-refractivity contribution >= 4 is 0 Å². The number of rotatable bonds is 7. The second-order valence-corrected chi connectivity index (χ2v) is 5.16. The fraction of sp³-hybridized carbons (Fsp3) is 1.00. The Kier molecular flexibility index (Phi) is 5.07. The summed E-state index contributed by atoms with van der Waals surface area (Å²) in [5.41, 5.74) is 0. The third kappa shape index (κ3) is 4.40. The third-order valence-electron chi connectivity index (χ3n) is 3.74. The molecule has 0 atom stereocenters. The highest BCUT2D eigenvalue weighted by atomic mass is 16.5. The van der Waals surface area contributed by atoms with Crippen molar-refractivity contribution in [1.29, 1.82) is 0 Å². The van der Waals surface area contributed by atoms with Crippen LogP contribution in [0.5, 0.6) is 0 Å². The summed E-state index contributed by atoms with van der Waals surface area (Å²) in [5.74, 6) is 0.920. The molecule has 0 aromatic carbocycles. The van der Waals surface area contributed by atoms with E-state index in [4.69, 9.17) is 4.74 Å². The maximum absolute atomic E-state index is 5.40. The summed E-state index contributed by atoms with van der Waals surface area (Å²) in [7, 11) is 0. The molecular formula is C13H26N2O. The summed E-state index contributed by atoms with van der Waals surface area (Å²) in [6.45, 7) is 8.73. The molecule has 0 amide bonds. The first kappa shape index (κ1) is 12.3. The van der Waals surface area contributed by atoms with Gasteiger partial charge in [-0.05, 0) is 58.2 Å². The van der Waals surface area contributed by atoms with Crippen LogP contribution in [0.15, 0.2) is 0 Å². The lowest BCUT2D eigenvalue weighted by atomic mass is 9.97. The van der Waals surface area contributed by atoms with E-state index in [2.05, 4.69) is 17.1 Å². The topological polar surface area (TPSA) is 24.5 Å². The van der Waals surface area contributed by atoms with Crippen LogP contribution in [-0.2, 0) is 4.74 Å². The van der Waals surface area contributed by atoms with Crippen molar-refractivity contribution in [1.82, 2.24) is 10.2 Å². The lowest BCUT2D eigenvalue weighted by molar-refractivity contribution is 0.0956. The zero-order valence-corrected chi connectivity index (χ0v) is 10.6. The molecule has 2 aliphatic rings. The van der Waals surface area contributed by atoms with Gasteiger partial charge in [0.05, 0.1) is 6.61 Å². The van der Waals surface area contributed by atoms with E-state index in [-0.39, 0.29) is 0 Å². The van der Waals surface area contributed by atoms with Crippen LogP contribution in [0.1, 0.15) is 32.6 Å². The van der Waals surface area contributed by atoms with Gasteiger partial charge in [-0.3, -0.25) is 0 Å². The van der Waals surface area contributed by atoms with Gasteiger partial charge >= 0.3 is 0 Å². The Balaban J connectivity index is 1.51. The Morgan fingerprint density at radius 3 is 2.56 bits per heavy atom. The lowest BCUT2D eigenvalue weighted by Gasteiger charge is -2.31. The van der Waals surface area contributed by atoms with Gasteiger partial charge < -0.3 is 15.0 Å². The van der Waals surface area contributed by atoms with Gasteiger partial charge in [-0.25, -0.2) is 0 Å². The van der Waals surface area contributed by atoms with Crippen molar-refractivity contribution in [3.63, 3.8) is 0 Å². The number of ether oxygens (including phenoxy) is 1. The molecule has 3 nitrogen and oxygen atoms in total. The summed E-state index contributed by atoms with van der Waals surface area (Å²) >= 11 is 0. The monoisotopic (exact) mass is 226 g/mol. The Hall–Kier alpha value is -0.120. The fourth-order valence-corrected chi connectivity index (χ4v) is 2.37. The Morgan fingerprint density at radius 1 is 1.19 bits per heavy atom. The van der Waals surface area contributed by atoms with Gasteiger partial charge in [0, 0.05) is 19.2 Å². The number of nitrogens with zero attached hydrogens (tertiary/aromatic N) is 1. The van der Waals surface area contributed by atoms with Crippen LogP contribution in [0.3, 0.4) is 0 Å². The quantitative estimate of drug-likeness (QED) is 0.666.